The normalized spacial score (nSPS) is 11.2. The maximum atomic E-state index is 12.4. The van der Waals surface area contributed by atoms with E-state index in [0.29, 0.717) is 5.82 Å². The van der Waals surface area contributed by atoms with Crippen LogP contribution in [0.3, 0.4) is 0 Å². The number of nitrogens with one attached hydrogen (secondary N) is 3. The Hall–Kier alpha value is -3.17. The van der Waals surface area contributed by atoms with Gasteiger partial charge in [-0.25, -0.2) is 18.4 Å². The summed E-state index contributed by atoms with van der Waals surface area (Å²) in [6.45, 7) is 3.94. The molecule has 8 nitrogen and oxygen atoms in total. The van der Waals surface area contributed by atoms with Crippen LogP contribution in [0, 0.1) is 6.92 Å². The van der Waals surface area contributed by atoms with Crippen molar-refractivity contribution in [3.8, 4) is 0 Å². The fourth-order valence-electron chi connectivity index (χ4n) is 2.56. The van der Waals surface area contributed by atoms with Gasteiger partial charge in [-0.05, 0) is 37.1 Å². The van der Waals surface area contributed by atoms with Crippen molar-refractivity contribution in [1.82, 2.24) is 14.8 Å². The van der Waals surface area contributed by atoms with Gasteiger partial charge in [0.2, 0.25) is 0 Å². The van der Waals surface area contributed by atoms with E-state index >= 15 is 0 Å². The van der Waals surface area contributed by atoms with Gasteiger partial charge < -0.3 is 11.1 Å². The van der Waals surface area contributed by atoms with Crippen LogP contribution in [-0.2, 0) is 16.4 Å². The first-order valence-electron chi connectivity index (χ1n) is 8.70. The van der Waals surface area contributed by atoms with Gasteiger partial charge in [0.05, 0.1) is 4.90 Å². The zero-order valence-corrected chi connectivity index (χ0v) is 16.4. The smallest absolute Gasteiger partial charge is 0.257 e. The minimum absolute atomic E-state index is 0.133. The van der Waals surface area contributed by atoms with Crippen molar-refractivity contribution >= 4 is 33.0 Å². The number of nitrogen functional groups attached to an aromatic ring is 1. The Morgan fingerprint density at radius 3 is 2.39 bits per heavy atom. The van der Waals surface area contributed by atoms with Gasteiger partial charge in [0, 0.05) is 5.69 Å². The number of para-hydroxylation sites is 1. The van der Waals surface area contributed by atoms with E-state index in [9.17, 15) is 8.42 Å². The third-order valence-corrected chi connectivity index (χ3v) is 5.43. The SMILES string of the molecule is CCc1ccccc1Nc1ncnc(NNS(=O)(=O)c2ccc(C)cc2)c1N. The minimum Gasteiger partial charge on any atom is -0.393 e. The Kier molecular flexibility index (Phi) is 5.76. The van der Waals surface area contributed by atoms with E-state index in [1.54, 1.807) is 12.1 Å². The molecule has 0 saturated carbocycles. The Bertz CT molecular complexity index is 1070. The molecule has 5 N–H and O–H groups in total. The number of benzene rings is 2. The van der Waals surface area contributed by atoms with Crippen LogP contribution in [0.15, 0.2) is 59.8 Å². The van der Waals surface area contributed by atoms with E-state index < -0.39 is 10.0 Å². The van der Waals surface area contributed by atoms with Gasteiger partial charge in [-0.1, -0.05) is 42.8 Å². The summed E-state index contributed by atoms with van der Waals surface area (Å²) in [5.41, 5.74) is 11.8. The van der Waals surface area contributed by atoms with Crippen molar-refractivity contribution in [3.63, 3.8) is 0 Å². The van der Waals surface area contributed by atoms with E-state index in [1.807, 2.05) is 31.2 Å². The van der Waals surface area contributed by atoms with Crippen molar-refractivity contribution in [2.45, 2.75) is 25.2 Å². The molecule has 0 aliphatic rings. The lowest BCUT2D eigenvalue weighted by Crippen LogP contribution is -2.30. The third kappa shape index (κ3) is 4.38. The van der Waals surface area contributed by atoms with Crippen LogP contribution in [0.4, 0.5) is 23.0 Å². The second-order valence-electron chi connectivity index (χ2n) is 6.16. The summed E-state index contributed by atoms with van der Waals surface area (Å²) < 4.78 is 24.8. The number of nitrogens with zero attached hydrogens (tertiary/aromatic N) is 2. The molecular weight excluding hydrogens is 376 g/mol. The van der Waals surface area contributed by atoms with Gasteiger partial charge in [0.15, 0.2) is 11.6 Å². The third-order valence-electron chi connectivity index (χ3n) is 4.17. The van der Waals surface area contributed by atoms with E-state index in [-0.39, 0.29) is 16.4 Å². The van der Waals surface area contributed by atoms with Crippen LogP contribution in [0.2, 0.25) is 0 Å². The molecule has 0 atom stereocenters. The lowest BCUT2D eigenvalue weighted by Gasteiger charge is -2.15. The average molecular weight is 398 g/mol. The number of hydrogen-bond donors (Lipinski definition) is 4. The number of hydrazine groups is 1. The quantitative estimate of drug-likeness (QED) is 0.451. The fourth-order valence-corrected chi connectivity index (χ4v) is 3.41. The minimum atomic E-state index is -3.77. The molecule has 1 heterocycles. The molecule has 0 unspecified atom stereocenters. The number of sulfonamides is 1. The van der Waals surface area contributed by atoms with Gasteiger partial charge in [0.25, 0.3) is 10.0 Å². The van der Waals surface area contributed by atoms with Crippen LogP contribution < -0.4 is 21.3 Å². The number of hydrogen-bond acceptors (Lipinski definition) is 7. The van der Waals surface area contributed by atoms with Crippen LogP contribution in [0.1, 0.15) is 18.1 Å². The number of anilines is 4. The van der Waals surface area contributed by atoms with Crippen LogP contribution >= 0.6 is 0 Å². The average Bonchev–Trinajstić information content (AvgIpc) is 2.69. The van der Waals surface area contributed by atoms with E-state index in [0.717, 1.165) is 23.2 Å². The van der Waals surface area contributed by atoms with E-state index in [2.05, 4.69) is 32.5 Å². The highest BCUT2D eigenvalue weighted by molar-refractivity contribution is 7.89. The molecule has 3 rings (SSSR count). The highest BCUT2D eigenvalue weighted by Gasteiger charge is 2.16. The fraction of sp³-hybridized carbons (Fsp3) is 0.158. The summed E-state index contributed by atoms with van der Waals surface area (Å²) in [7, 11) is -3.77. The Morgan fingerprint density at radius 1 is 1.00 bits per heavy atom. The number of nitrogens with two attached hydrogens (primary N) is 1. The molecule has 0 aliphatic carbocycles. The summed E-state index contributed by atoms with van der Waals surface area (Å²) in [5.74, 6) is 0.537. The van der Waals surface area contributed by atoms with Gasteiger partial charge in [-0.3, -0.25) is 5.43 Å². The van der Waals surface area contributed by atoms with Gasteiger partial charge in [0.1, 0.15) is 12.0 Å². The molecule has 3 aromatic rings. The van der Waals surface area contributed by atoms with E-state index in [4.69, 9.17) is 5.73 Å². The van der Waals surface area contributed by atoms with E-state index in [1.165, 1.54) is 18.5 Å². The second-order valence-corrected chi connectivity index (χ2v) is 7.85. The molecule has 28 heavy (non-hydrogen) atoms. The molecule has 0 radical (unpaired) electrons. The molecule has 0 amide bonds. The summed E-state index contributed by atoms with van der Waals surface area (Å²) in [6, 6.07) is 14.3. The summed E-state index contributed by atoms with van der Waals surface area (Å²) in [4.78, 5) is 10.6. The lowest BCUT2D eigenvalue weighted by atomic mass is 10.1. The standard InChI is InChI=1S/C19H22N6O2S/c1-3-14-6-4-5-7-16(14)23-18-17(20)19(22-12-21-18)24-25-28(26,27)15-10-8-13(2)9-11-15/h4-12,25H,3,20H2,1-2H3,(H2,21,22,23,24). The molecule has 0 fully saturated rings. The summed E-state index contributed by atoms with van der Waals surface area (Å²) >= 11 is 0. The zero-order chi connectivity index (χ0) is 20.1. The van der Waals surface area contributed by atoms with Crippen molar-refractivity contribution in [2.75, 3.05) is 16.5 Å². The van der Waals surface area contributed by atoms with Crippen LogP contribution in [-0.4, -0.2) is 18.4 Å². The van der Waals surface area contributed by atoms with Crippen molar-refractivity contribution < 1.29 is 8.42 Å². The number of rotatable bonds is 7. The van der Waals surface area contributed by atoms with Gasteiger partial charge >= 0.3 is 0 Å². The molecule has 1 aromatic heterocycles. The first-order chi connectivity index (χ1) is 13.4. The Balaban J connectivity index is 1.78. The largest absolute Gasteiger partial charge is 0.393 e. The van der Waals surface area contributed by atoms with Crippen LogP contribution in [0.5, 0.6) is 0 Å². The maximum Gasteiger partial charge on any atom is 0.257 e. The predicted octanol–water partition coefficient (Wildman–Crippen LogP) is 2.98. The molecular formula is C19H22N6O2S. The first kappa shape index (κ1) is 19.6. The zero-order valence-electron chi connectivity index (χ0n) is 15.6. The lowest BCUT2D eigenvalue weighted by molar-refractivity contribution is 0.587. The van der Waals surface area contributed by atoms with Gasteiger partial charge in [-0.2, -0.15) is 0 Å². The van der Waals surface area contributed by atoms with Crippen molar-refractivity contribution in [2.24, 2.45) is 0 Å². The second kappa shape index (κ2) is 8.24. The Morgan fingerprint density at radius 2 is 1.68 bits per heavy atom. The summed E-state index contributed by atoms with van der Waals surface area (Å²) in [5, 5.41) is 3.17. The van der Waals surface area contributed by atoms with Crippen molar-refractivity contribution in [1.29, 1.82) is 0 Å². The molecule has 9 heteroatoms. The monoisotopic (exact) mass is 398 g/mol. The molecule has 2 aromatic carbocycles. The predicted molar refractivity (Wildman–Crippen MR) is 111 cm³/mol. The number of aryl methyl sites for hydroxylation is 2. The molecule has 0 aliphatic heterocycles. The summed E-state index contributed by atoms with van der Waals surface area (Å²) in [6.07, 6.45) is 2.14. The highest BCUT2D eigenvalue weighted by Crippen LogP contribution is 2.27. The van der Waals surface area contributed by atoms with Crippen molar-refractivity contribution in [3.05, 3.63) is 66.0 Å². The molecule has 0 saturated heterocycles. The molecule has 146 valence electrons. The molecule has 0 spiro atoms. The molecule has 0 bridgehead atoms. The highest BCUT2D eigenvalue weighted by atomic mass is 32.2. The van der Waals surface area contributed by atoms with Gasteiger partial charge in [-0.15, -0.1) is 4.83 Å². The maximum absolute atomic E-state index is 12.4. The number of aromatic nitrogens is 2. The Labute approximate surface area is 164 Å². The first-order valence-corrected chi connectivity index (χ1v) is 10.2. The topological polar surface area (TPSA) is 122 Å². The van der Waals surface area contributed by atoms with Crippen LogP contribution in [0.25, 0.3) is 0 Å².